The van der Waals surface area contributed by atoms with Crippen LogP contribution in [0.1, 0.15) is 0 Å². The molecule has 0 aliphatic carbocycles. The highest BCUT2D eigenvalue weighted by Gasteiger charge is 2.27. The lowest BCUT2D eigenvalue weighted by Crippen LogP contribution is -2.17. The summed E-state index contributed by atoms with van der Waals surface area (Å²) in [6, 6.07) is 14.2. The van der Waals surface area contributed by atoms with E-state index in [-0.39, 0.29) is 4.90 Å². The van der Waals surface area contributed by atoms with Gasteiger partial charge in [0, 0.05) is 11.1 Å². The van der Waals surface area contributed by atoms with E-state index in [9.17, 15) is 8.42 Å². The van der Waals surface area contributed by atoms with Gasteiger partial charge in [-0.15, -0.1) is 0 Å². The van der Waals surface area contributed by atoms with Gasteiger partial charge >= 0.3 is 0 Å². The van der Waals surface area contributed by atoms with Gasteiger partial charge in [0.25, 0.3) is 10.0 Å². The van der Waals surface area contributed by atoms with Crippen LogP contribution in [0, 0.1) is 0 Å². The third-order valence-electron chi connectivity index (χ3n) is 2.58. The Morgan fingerprint density at radius 1 is 0.812 bits per heavy atom. The van der Waals surface area contributed by atoms with Crippen LogP contribution in [0.25, 0.3) is 11.1 Å². The Bertz CT molecular complexity index is 662. The van der Waals surface area contributed by atoms with Gasteiger partial charge in [-0.1, -0.05) is 36.4 Å². The average Bonchev–Trinajstić information content (AvgIpc) is 2.29. The minimum atomic E-state index is -3.53. The van der Waals surface area contributed by atoms with Crippen LogP contribution in [-0.4, -0.2) is 8.42 Å². The van der Waals surface area contributed by atoms with Crippen molar-refractivity contribution < 1.29 is 8.42 Å². The predicted octanol–water partition coefficient (Wildman–Crippen LogP) is 2.29. The second-order valence-corrected chi connectivity index (χ2v) is 5.15. The molecular weight excluding hydrogens is 222 g/mol. The molecule has 0 saturated carbocycles. The summed E-state index contributed by atoms with van der Waals surface area (Å²) in [6.07, 6.45) is 0. The van der Waals surface area contributed by atoms with E-state index in [0.29, 0.717) is 5.69 Å². The summed E-state index contributed by atoms with van der Waals surface area (Å²) >= 11 is 0. The molecule has 0 bridgehead atoms. The van der Waals surface area contributed by atoms with Crippen LogP contribution in [0.5, 0.6) is 0 Å². The maximum Gasteiger partial charge on any atom is 0.283 e. The lowest BCUT2D eigenvalue weighted by atomic mass is 10.0. The van der Waals surface area contributed by atoms with Crippen LogP contribution < -0.4 is 4.72 Å². The number of fused-ring (bicyclic) bond motifs is 3. The fraction of sp³-hybridized carbons (Fsp3) is 0. The van der Waals surface area contributed by atoms with Gasteiger partial charge in [-0.25, -0.2) is 0 Å². The topological polar surface area (TPSA) is 48.2 Å². The van der Waals surface area contributed by atoms with E-state index >= 15 is 0 Å². The molecule has 1 heterocycles. The average molecular weight is 230 g/mol. The Balaban J connectivity index is 2.42. The molecular formula is C12H8NO2S. The molecule has 3 rings (SSSR count). The van der Waals surface area contributed by atoms with Crippen molar-refractivity contribution >= 4 is 15.7 Å². The second kappa shape index (κ2) is 3.09. The molecule has 0 spiro atoms. The number of benzene rings is 2. The van der Waals surface area contributed by atoms with Gasteiger partial charge in [0.15, 0.2) is 0 Å². The summed E-state index contributed by atoms with van der Waals surface area (Å²) in [5.74, 6) is 0. The molecule has 1 aliphatic heterocycles. The molecule has 16 heavy (non-hydrogen) atoms. The molecule has 0 unspecified atom stereocenters. The Hall–Kier alpha value is -1.81. The van der Waals surface area contributed by atoms with E-state index in [1.54, 1.807) is 30.3 Å². The Labute approximate surface area is 93.8 Å². The lowest BCUT2D eigenvalue weighted by molar-refractivity contribution is 0.590. The summed E-state index contributed by atoms with van der Waals surface area (Å²) < 4.78 is 27.5. The first-order chi connectivity index (χ1) is 7.68. The number of hydrogen-bond donors (Lipinski definition) is 0. The third-order valence-corrected chi connectivity index (χ3v) is 3.93. The van der Waals surface area contributed by atoms with E-state index in [1.807, 2.05) is 18.2 Å². The molecule has 1 radical (unpaired) electrons. The largest absolute Gasteiger partial charge is 0.283 e. The first-order valence-corrected chi connectivity index (χ1v) is 6.29. The second-order valence-electron chi connectivity index (χ2n) is 3.58. The Morgan fingerprint density at radius 2 is 1.44 bits per heavy atom. The van der Waals surface area contributed by atoms with Crippen LogP contribution in [0.4, 0.5) is 5.69 Å². The van der Waals surface area contributed by atoms with Gasteiger partial charge < -0.3 is 0 Å². The Morgan fingerprint density at radius 3 is 2.25 bits per heavy atom. The van der Waals surface area contributed by atoms with Crippen LogP contribution in [-0.2, 0) is 10.0 Å². The maximum atomic E-state index is 11.9. The smallest absolute Gasteiger partial charge is 0.199 e. The maximum absolute atomic E-state index is 11.9. The zero-order valence-corrected chi connectivity index (χ0v) is 9.11. The van der Waals surface area contributed by atoms with Crippen molar-refractivity contribution in [2.24, 2.45) is 0 Å². The third kappa shape index (κ3) is 1.23. The molecule has 0 aromatic heterocycles. The summed E-state index contributed by atoms with van der Waals surface area (Å²) in [7, 11) is -3.53. The van der Waals surface area contributed by atoms with Crippen molar-refractivity contribution in [3.63, 3.8) is 0 Å². The van der Waals surface area contributed by atoms with Crippen molar-refractivity contribution in [3.05, 3.63) is 48.5 Å². The van der Waals surface area contributed by atoms with E-state index in [1.165, 1.54) is 0 Å². The van der Waals surface area contributed by atoms with Crippen molar-refractivity contribution in [1.82, 2.24) is 4.72 Å². The SMILES string of the molecule is O=S1(=O)[N]c2ccccc2-c2ccccc21. The fourth-order valence-corrected chi connectivity index (χ4v) is 3.10. The molecule has 0 atom stereocenters. The zero-order chi connectivity index (χ0) is 11.2. The van der Waals surface area contributed by atoms with Crippen LogP contribution >= 0.6 is 0 Å². The number of nitrogens with zero attached hydrogens (tertiary/aromatic N) is 1. The number of rotatable bonds is 0. The van der Waals surface area contributed by atoms with Crippen LogP contribution in [0.3, 0.4) is 0 Å². The molecule has 2 aromatic rings. The number of hydrogen-bond acceptors (Lipinski definition) is 2. The van der Waals surface area contributed by atoms with Crippen molar-refractivity contribution in [2.45, 2.75) is 4.90 Å². The van der Waals surface area contributed by atoms with Gasteiger partial charge in [0.1, 0.15) is 0 Å². The van der Waals surface area contributed by atoms with E-state index < -0.39 is 10.0 Å². The summed E-state index contributed by atoms with van der Waals surface area (Å²) in [4.78, 5) is 0.286. The molecule has 0 fully saturated rings. The van der Waals surface area contributed by atoms with Crippen LogP contribution in [0.2, 0.25) is 0 Å². The van der Waals surface area contributed by atoms with Gasteiger partial charge in [-0.05, 0) is 12.1 Å². The summed E-state index contributed by atoms with van der Waals surface area (Å²) in [5, 5.41) is 0. The minimum absolute atomic E-state index is 0.286. The Kier molecular flexibility index (Phi) is 1.82. The molecule has 79 valence electrons. The molecule has 3 nitrogen and oxygen atoms in total. The minimum Gasteiger partial charge on any atom is -0.199 e. The van der Waals surface area contributed by atoms with Gasteiger partial charge in [0.2, 0.25) is 0 Å². The monoisotopic (exact) mass is 230 g/mol. The highest BCUT2D eigenvalue weighted by molar-refractivity contribution is 7.89. The van der Waals surface area contributed by atoms with Gasteiger partial charge in [0.05, 0.1) is 10.6 Å². The van der Waals surface area contributed by atoms with Gasteiger partial charge in [-0.2, -0.15) is 13.1 Å². The standard InChI is InChI=1S/C12H8NO2S/c14-16(15)12-8-4-2-6-10(12)9-5-1-3-7-11(9)13-16/h1-8H. The van der Waals surface area contributed by atoms with Crippen LogP contribution in [0.15, 0.2) is 53.4 Å². The molecule has 2 aromatic carbocycles. The highest BCUT2D eigenvalue weighted by atomic mass is 32.2. The molecule has 0 amide bonds. The van der Waals surface area contributed by atoms with E-state index in [4.69, 9.17) is 0 Å². The normalized spacial score (nSPS) is 15.8. The van der Waals surface area contributed by atoms with E-state index in [0.717, 1.165) is 11.1 Å². The first-order valence-electron chi connectivity index (χ1n) is 4.85. The quantitative estimate of drug-likeness (QED) is 0.697. The van der Waals surface area contributed by atoms with Crippen molar-refractivity contribution in [3.8, 4) is 11.1 Å². The first kappa shape index (κ1) is 9.42. The van der Waals surface area contributed by atoms with Gasteiger partial charge in [-0.3, -0.25) is 0 Å². The highest BCUT2D eigenvalue weighted by Crippen LogP contribution is 2.38. The molecule has 0 N–H and O–H groups in total. The fourth-order valence-electron chi connectivity index (χ4n) is 1.87. The predicted molar refractivity (Wildman–Crippen MR) is 60.9 cm³/mol. The summed E-state index contributed by atoms with van der Waals surface area (Å²) in [6.45, 7) is 0. The zero-order valence-electron chi connectivity index (χ0n) is 8.29. The van der Waals surface area contributed by atoms with Crippen molar-refractivity contribution in [1.29, 1.82) is 0 Å². The molecule has 4 heteroatoms. The lowest BCUT2D eigenvalue weighted by Gasteiger charge is -2.18. The summed E-state index contributed by atoms with van der Waals surface area (Å²) in [5.41, 5.74) is 2.11. The number of sulfonamides is 1. The van der Waals surface area contributed by atoms with E-state index in [2.05, 4.69) is 4.72 Å². The molecule has 1 aliphatic rings. The van der Waals surface area contributed by atoms with Crippen molar-refractivity contribution in [2.75, 3.05) is 0 Å². The molecule has 0 saturated heterocycles.